The summed E-state index contributed by atoms with van der Waals surface area (Å²) in [4.78, 5) is 27.9. The second-order valence-electron chi connectivity index (χ2n) is 5.70. The third-order valence-corrected chi connectivity index (χ3v) is 4.15. The van der Waals surface area contributed by atoms with Crippen LogP contribution in [0.2, 0.25) is 0 Å². The van der Waals surface area contributed by atoms with E-state index in [4.69, 9.17) is 9.47 Å². The molecule has 26 heavy (non-hydrogen) atoms. The van der Waals surface area contributed by atoms with Gasteiger partial charge in [0.15, 0.2) is 6.61 Å². The summed E-state index contributed by atoms with van der Waals surface area (Å²) in [5.74, 6) is 0.733. The predicted molar refractivity (Wildman–Crippen MR) is 99.5 cm³/mol. The number of nitrogens with zero attached hydrogens (tertiary/aromatic N) is 2. The van der Waals surface area contributed by atoms with Crippen LogP contribution in [0.3, 0.4) is 0 Å². The van der Waals surface area contributed by atoms with Gasteiger partial charge in [-0.15, -0.1) is 0 Å². The lowest BCUT2D eigenvalue weighted by Gasteiger charge is -2.26. The van der Waals surface area contributed by atoms with E-state index in [0.29, 0.717) is 24.6 Å². The minimum atomic E-state index is -0.334. The molecule has 0 aliphatic heterocycles. The van der Waals surface area contributed by atoms with E-state index in [-0.39, 0.29) is 24.9 Å². The molecular formula is C19H30N2O5. The molecule has 1 aromatic rings. The number of likely N-dealkylation sites (N-methyl/N-ethyl adjacent to an activating group) is 1. The van der Waals surface area contributed by atoms with Gasteiger partial charge in [0.05, 0.1) is 20.6 Å². The lowest BCUT2D eigenvalue weighted by molar-refractivity contribution is -0.142. The van der Waals surface area contributed by atoms with Gasteiger partial charge in [-0.2, -0.15) is 0 Å². The Balaban J connectivity index is 2.63. The Morgan fingerprint density at radius 2 is 1.69 bits per heavy atom. The van der Waals surface area contributed by atoms with E-state index >= 15 is 0 Å². The zero-order chi connectivity index (χ0) is 19.4. The number of benzene rings is 1. The zero-order valence-electron chi connectivity index (χ0n) is 16.2. The van der Waals surface area contributed by atoms with Gasteiger partial charge in [0.2, 0.25) is 0 Å². The van der Waals surface area contributed by atoms with Gasteiger partial charge in [-0.1, -0.05) is 19.9 Å². The summed E-state index contributed by atoms with van der Waals surface area (Å²) in [5.41, 5.74) is 0. The van der Waals surface area contributed by atoms with Gasteiger partial charge < -0.3 is 24.0 Å². The summed E-state index contributed by atoms with van der Waals surface area (Å²) in [6.07, 6.45) is 0.166. The van der Waals surface area contributed by atoms with Gasteiger partial charge in [-0.3, -0.25) is 9.59 Å². The normalized spacial score (nSPS) is 10.5. The highest BCUT2D eigenvalue weighted by Crippen LogP contribution is 2.18. The zero-order valence-corrected chi connectivity index (χ0v) is 16.2. The lowest BCUT2D eigenvalue weighted by atomic mass is 10.3. The van der Waals surface area contributed by atoms with Crippen LogP contribution in [0.15, 0.2) is 24.3 Å². The van der Waals surface area contributed by atoms with Gasteiger partial charge in [-0.25, -0.2) is 0 Å². The highest BCUT2D eigenvalue weighted by Gasteiger charge is 2.17. The minimum absolute atomic E-state index is 0.0907. The fourth-order valence-electron chi connectivity index (χ4n) is 2.42. The molecule has 1 rings (SSSR count). The molecule has 7 heteroatoms. The highest BCUT2D eigenvalue weighted by atomic mass is 16.5. The molecule has 0 N–H and O–H groups in total. The number of ether oxygens (including phenoxy) is 3. The predicted octanol–water partition coefficient (Wildman–Crippen LogP) is 1.81. The second kappa shape index (κ2) is 12.1. The van der Waals surface area contributed by atoms with Crippen molar-refractivity contribution in [2.75, 3.05) is 53.6 Å². The summed E-state index contributed by atoms with van der Waals surface area (Å²) < 4.78 is 15.4. The smallest absolute Gasteiger partial charge is 0.307 e. The first-order chi connectivity index (χ1) is 12.5. The monoisotopic (exact) mass is 366 g/mol. The van der Waals surface area contributed by atoms with Crippen LogP contribution in [-0.4, -0.2) is 75.2 Å². The molecule has 0 heterocycles. The molecule has 0 radical (unpaired) electrons. The van der Waals surface area contributed by atoms with Gasteiger partial charge in [0, 0.05) is 25.7 Å². The molecule has 0 saturated heterocycles. The topological polar surface area (TPSA) is 68.3 Å². The Morgan fingerprint density at radius 3 is 2.31 bits per heavy atom. The second-order valence-corrected chi connectivity index (χ2v) is 5.70. The van der Waals surface area contributed by atoms with E-state index in [9.17, 15) is 9.59 Å². The molecule has 0 aliphatic rings. The largest absolute Gasteiger partial charge is 0.497 e. The molecule has 1 amide bonds. The summed E-state index contributed by atoms with van der Waals surface area (Å²) in [6, 6.07) is 7.10. The van der Waals surface area contributed by atoms with Gasteiger partial charge >= 0.3 is 5.97 Å². The summed E-state index contributed by atoms with van der Waals surface area (Å²) in [6.45, 7) is 7.50. The molecule has 146 valence electrons. The Bertz CT molecular complexity index is 561. The highest BCUT2D eigenvalue weighted by molar-refractivity contribution is 5.78. The average Bonchev–Trinajstić information content (AvgIpc) is 2.68. The van der Waals surface area contributed by atoms with E-state index in [2.05, 4.69) is 23.5 Å². The Hall–Kier alpha value is -2.28. The third kappa shape index (κ3) is 7.74. The van der Waals surface area contributed by atoms with Crippen molar-refractivity contribution in [3.8, 4) is 11.5 Å². The first kappa shape index (κ1) is 21.8. The SMILES string of the molecule is CCN(CC)CCN(CCC(=O)OC)C(=O)COc1cccc(OC)c1. The number of hydrogen-bond acceptors (Lipinski definition) is 6. The summed E-state index contributed by atoms with van der Waals surface area (Å²) >= 11 is 0. The number of carbonyl (C=O) groups excluding carboxylic acids is 2. The Labute approximate surface area is 155 Å². The number of hydrogen-bond donors (Lipinski definition) is 0. The molecule has 0 aliphatic carbocycles. The van der Waals surface area contributed by atoms with Gasteiger partial charge in [-0.05, 0) is 25.2 Å². The quantitative estimate of drug-likeness (QED) is 0.526. The van der Waals surface area contributed by atoms with E-state index in [1.807, 2.05) is 0 Å². The standard InChI is InChI=1S/C19H30N2O5/c1-5-20(6-2)12-13-21(11-10-19(23)25-4)18(22)15-26-17-9-7-8-16(14-17)24-3/h7-9,14H,5-6,10-13,15H2,1-4H3. The first-order valence-corrected chi connectivity index (χ1v) is 8.87. The lowest BCUT2D eigenvalue weighted by Crippen LogP contribution is -2.42. The first-order valence-electron chi connectivity index (χ1n) is 8.87. The van der Waals surface area contributed by atoms with Crippen molar-refractivity contribution in [2.45, 2.75) is 20.3 Å². The summed E-state index contributed by atoms with van der Waals surface area (Å²) in [7, 11) is 2.92. The van der Waals surface area contributed by atoms with Crippen molar-refractivity contribution in [2.24, 2.45) is 0 Å². The average molecular weight is 366 g/mol. The molecule has 0 spiro atoms. The molecule has 0 unspecified atom stereocenters. The fraction of sp³-hybridized carbons (Fsp3) is 0.579. The van der Waals surface area contributed by atoms with Crippen molar-refractivity contribution in [1.29, 1.82) is 0 Å². The molecular weight excluding hydrogens is 336 g/mol. The van der Waals surface area contributed by atoms with Crippen LogP contribution in [0.5, 0.6) is 11.5 Å². The molecule has 0 aromatic heterocycles. The number of esters is 1. The van der Waals surface area contributed by atoms with Gasteiger partial charge in [0.25, 0.3) is 5.91 Å². The van der Waals surface area contributed by atoms with E-state index < -0.39 is 0 Å². The van der Waals surface area contributed by atoms with Crippen molar-refractivity contribution in [3.05, 3.63) is 24.3 Å². The van der Waals surface area contributed by atoms with Crippen molar-refractivity contribution in [3.63, 3.8) is 0 Å². The molecule has 0 bridgehead atoms. The maximum Gasteiger partial charge on any atom is 0.307 e. The Morgan fingerprint density at radius 1 is 1.00 bits per heavy atom. The van der Waals surface area contributed by atoms with Crippen molar-refractivity contribution in [1.82, 2.24) is 9.80 Å². The molecule has 0 fully saturated rings. The number of amides is 1. The van der Waals surface area contributed by atoms with Crippen LogP contribution in [0.4, 0.5) is 0 Å². The number of methoxy groups -OCH3 is 2. The molecule has 7 nitrogen and oxygen atoms in total. The minimum Gasteiger partial charge on any atom is -0.497 e. The van der Waals surface area contributed by atoms with Crippen LogP contribution < -0.4 is 9.47 Å². The third-order valence-electron chi connectivity index (χ3n) is 4.15. The van der Waals surface area contributed by atoms with Crippen molar-refractivity contribution >= 4 is 11.9 Å². The summed E-state index contributed by atoms with van der Waals surface area (Å²) in [5, 5.41) is 0. The fourth-order valence-corrected chi connectivity index (χ4v) is 2.42. The van der Waals surface area contributed by atoms with Crippen LogP contribution in [0, 0.1) is 0 Å². The van der Waals surface area contributed by atoms with E-state index in [0.717, 1.165) is 19.6 Å². The van der Waals surface area contributed by atoms with Crippen LogP contribution in [-0.2, 0) is 14.3 Å². The Kier molecular flexibility index (Phi) is 10.2. The van der Waals surface area contributed by atoms with Crippen LogP contribution in [0.25, 0.3) is 0 Å². The van der Waals surface area contributed by atoms with Gasteiger partial charge in [0.1, 0.15) is 11.5 Å². The van der Waals surface area contributed by atoms with Crippen LogP contribution in [0.1, 0.15) is 20.3 Å². The molecule has 1 aromatic carbocycles. The number of rotatable bonds is 12. The van der Waals surface area contributed by atoms with E-state index in [1.54, 1.807) is 36.3 Å². The maximum absolute atomic E-state index is 12.6. The maximum atomic E-state index is 12.6. The van der Waals surface area contributed by atoms with Crippen LogP contribution >= 0.6 is 0 Å². The molecule has 0 atom stereocenters. The van der Waals surface area contributed by atoms with Crippen molar-refractivity contribution < 1.29 is 23.8 Å². The number of carbonyl (C=O) groups is 2. The molecule has 0 saturated carbocycles. The van der Waals surface area contributed by atoms with E-state index in [1.165, 1.54) is 7.11 Å².